The molecule has 0 spiro atoms. The average molecular weight is 451 g/mol. The molecule has 0 heterocycles. The van der Waals surface area contributed by atoms with Gasteiger partial charge in [-0.2, -0.15) is 8.78 Å². The summed E-state index contributed by atoms with van der Waals surface area (Å²) in [6.07, 6.45) is 0. The highest BCUT2D eigenvalue weighted by Crippen LogP contribution is 2.26. The van der Waals surface area contributed by atoms with Gasteiger partial charge in [-0.05, 0) is 36.4 Å². The van der Waals surface area contributed by atoms with Gasteiger partial charge < -0.3 is 20.1 Å². The van der Waals surface area contributed by atoms with Crippen LogP contribution in [0.5, 0.6) is 11.5 Å². The van der Waals surface area contributed by atoms with Crippen LogP contribution in [-0.2, 0) is 11.3 Å². The lowest BCUT2D eigenvalue weighted by atomic mass is 10.2. The molecule has 0 saturated heterocycles. The third-order valence-corrected chi connectivity index (χ3v) is 4.40. The minimum atomic E-state index is -3.01. The van der Waals surface area contributed by atoms with E-state index in [1.807, 2.05) is 0 Å². The van der Waals surface area contributed by atoms with Gasteiger partial charge in [-0.1, -0.05) is 41.9 Å². The number of hydrogen-bond donors (Lipinski definition) is 2. The van der Waals surface area contributed by atoms with E-state index in [0.29, 0.717) is 18.0 Å². The van der Waals surface area contributed by atoms with Gasteiger partial charge in [0, 0.05) is 17.8 Å². The van der Waals surface area contributed by atoms with E-state index in [1.54, 1.807) is 36.4 Å². The van der Waals surface area contributed by atoms with Gasteiger partial charge in [0.25, 0.3) is 5.91 Å². The molecule has 0 aliphatic carbocycles. The fraction of sp³-hybridized carbons (Fsp3) is 0.136. The molecule has 0 aliphatic rings. The van der Waals surface area contributed by atoms with Crippen LogP contribution in [-0.4, -0.2) is 19.1 Å². The summed E-state index contributed by atoms with van der Waals surface area (Å²) in [6.45, 7) is -3.02. The number of para-hydroxylation sites is 3. The molecule has 0 aromatic heterocycles. The monoisotopic (exact) mass is 450 g/mol. The number of anilines is 2. The zero-order valence-electron chi connectivity index (χ0n) is 16.1. The van der Waals surface area contributed by atoms with Crippen LogP contribution in [0.3, 0.4) is 0 Å². The Kier molecular flexibility index (Phi) is 7.61. The van der Waals surface area contributed by atoms with E-state index in [-0.39, 0.29) is 23.1 Å². The smallest absolute Gasteiger partial charge is 0.387 e. The summed E-state index contributed by atoms with van der Waals surface area (Å²) in [6, 6.07) is 17.2. The van der Waals surface area contributed by atoms with Gasteiger partial charge in [0.2, 0.25) is 0 Å². The molecular weight excluding hydrogens is 433 g/mol. The van der Waals surface area contributed by atoms with Crippen molar-refractivity contribution in [2.24, 2.45) is 0 Å². The Morgan fingerprint density at radius 1 is 1.00 bits per heavy atom. The lowest BCUT2D eigenvalue weighted by molar-refractivity contribution is -0.118. The van der Waals surface area contributed by atoms with Crippen molar-refractivity contribution >= 4 is 28.9 Å². The van der Waals surface area contributed by atoms with E-state index in [2.05, 4.69) is 15.4 Å². The van der Waals surface area contributed by atoms with Gasteiger partial charge in [0.05, 0.1) is 10.7 Å². The van der Waals surface area contributed by atoms with Crippen molar-refractivity contribution in [3.63, 3.8) is 0 Å². The van der Waals surface area contributed by atoms with Gasteiger partial charge in [-0.3, -0.25) is 4.79 Å². The van der Waals surface area contributed by atoms with Crippen molar-refractivity contribution in [3.05, 3.63) is 83.1 Å². The standard InChI is InChI=1S/C22H18ClF3N2O3/c23-16-11-15(9-10-17(16)24)27-12-14-5-1-3-7-19(14)30-13-21(29)28-18-6-2-4-8-20(18)31-22(25)26/h1-11,22,27H,12-13H2,(H,28,29). The average Bonchev–Trinajstić information content (AvgIpc) is 2.75. The number of amides is 1. The molecule has 0 radical (unpaired) electrons. The molecule has 9 heteroatoms. The summed E-state index contributed by atoms with van der Waals surface area (Å²) in [4.78, 5) is 12.2. The van der Waals surface area contributed by atoms with E-state index < -0.39 is 18.3 Å². The summed E-state index contributed by atoms with van der Waals surface area (Å²) in [7, 11) is 0. The molecule has 0 saturated carbocycles. The summed E-state index contributed by atoms with van der Waals surface area (Å²) < 4.78 is 48.3. The van der Waals surface area contributed by atoms with E-state index in [1.165, 1.54) is 30.3 Å². The predicted molar refractivity (Wildman–Crippen MR) is 112 cm³/mol. The summed E-state index contributed by atoms with van der Waals surface area (Å²) in [5, 5.41) is 5.59. The number of nitrogens with one attached hydrogen (secondary N) is 2. The molecule has 1 amide bonds. The van der Waals surface area contributed by atoms with Crippen molar-refractivity contribution < 1.29 is 27.4 Å². The molecule has 0 fully saturated rings. The first-order chi connectivity index (χ1) is 14.9. The van der Waals surface area contributed by atoms with Crippen LogP contribution in [0.4, 0.5) is 24.5 Å². The highest BCUT2D eigenvalue weighted by molar-refractivity contribution is 6.31. The van der Waals surface area contributed by atoms with E-state index >= 15 is 0 Å². The van der Waals surface area contributed by atoms with Crippen molar-refractivity contribution in [3.8, 4) is 11.5 Å². The lowest BCUT2D eigenvalue weighted by Gasteiger charge is -2.14. The van der Waals surface area contributed by atoms with Gasteiger partial charge in [0.15, 0.2) is 6.61 Å². The third kappa shape index (κ3) is 6.55. The van der Waals surface area contributed by atoms with Crippen molar-refractivity contribution in [2.45, 2.75) is 13.2 Å². The fourth-order valence-electron chi connectivity index (χ4n) is 2.69. The van der Waals surface area contributed by atoms with Crippen LogP contribution in [0.1, 0.15) is 5.56 Å². The predicted octanol–water partition coefficient (Wildman–Crippen LogP) is 5.71. The topological polar surface area (TPSA) is 59.6 Å². The maximum atomic E-state index is 13.3. The molecule has 0 bridgehead atoms. The molecule has 3 rings (SSSR count). The van der Waals surface area contributed by atoms with Crippen molar-refractivity contribution in [1.29, 1.82) is 0 Å². The molecule has 5 nitrogen and oxygen atoms in total. The quantitative estimate of drug-likeness (QED) is 0.438. The minimum Gasteiger partial charge on any atom is -0.483 e. The maximum absolute atomic E-state index is 13.3. The largest absolute Gasteiger partial charge is 0.483 e. The minimum absolute atomic E-state index is 0.00214. The van der Waals surface area contributed by atoms with E-state index in [9.17, 15) is 18.0 Å². The van der Waals surface area contributed by atoms with Gasteiger partial charge in [0.1, 0.15) is 17.3 Å². The first-order valence-electron chi connectivity index (χ1n) is 9.15. The number of alkyl halides is 2. The Morgan fingerprint density at radius 2 is 1.71 bits per heavy atom. The second kappa shape index (κ2) is 10.6. The normalized spacial score (nSPS) is 10.6. The Bertz CT molecular complexity index is 1050. The molecule has 0 atom stereocenters. The number of ether oxygens (including phenoxy) is 2. The SMILES string of the molecule is O=C(COc1ccccc1CNc1ccc(F)c(Cl)c1)Nc1ccccc1OC(F)F. The number of hydrogen-bond acceptors (Lipinski definition) is 4. The van der Waals surface area contributed by atoms with E-state index in [0.717, 1.165) is 5.56 Å². The maximum Gasteiger partial charge on any atom is 0.387 e. The molecule has 2 N–H and O–H groups in total. The molecule has 162 valence electrons. The second-order valence-corrected chi connectivity index (χ2v) is 6.71. The van der Waals surface area contributed by atoms with Crippen LogP contribution in [0.2, 0.25) is 5.02 Å². The van der Waals surface area contributed by atoms with Crippen LogP contribution in [0.25, 0.3) is 0 Å². The summed E-state index contributed by atoms with van der Waals surface area (Å²) in [5.74, 6) is -0.746. The number of rotatable bonds is 9. The number of carbonyl (C=O) groups excluding carboxylic acids is 1. The molecule has 0 unspecified atom stereocenters. The Morgan fingerprint density at radius 3 is 2.45 bits per heavy atom. The van der Waals surface area contributed by atoms with Crippen LogP contribution >= 0.6 is 11.6 Å². The Hall–Kier alpha value is -3.39. The fourth-order valence-corrected chi connectivity index (χ4v) is 2.87. The van der Waals surface area contributed by atoms with Crippen molar-refractivity contribution in [2.75, 3.05) is 17.2 Å². The molecule has 3 aromatic rings. The number of carbonyl (C=O) groups is 1. The Labute approximate surface area is 181 Å². The Balaban J connectivity index is 1.59. The van der Waals surface area contributed by atoms with E-state index in [4.69, 9.17) is 16.3 Å². The first kappa shape index (κ1) is 22.3. The molecule has 0 aliphatic heterocycles. The number of halogens is 4. The summed E-state index contributed by atoms with van der Waals surface area (Å²) >= 11 is 5.78. The second-order valence-electron chi connectivity index (χ2n) is 6.30. The van der Waals surface area contributed by atoms with Crippen molar-refractivity contribution in [1.82, 2.24) is 0 Å². The van der Waals surface area contributed by atoms with Crippen LogP contribution in [0, 0.1) is 5.82 Å². The highest BCUT2D eigenvalue weighted by atomic mass is 35.5. The summed E-state index contributed by atoms with van der Waals surface area (Å²) in [5.41, 5.74) is 1.48. The third-order valence-electron chi connectivity index (χ3n) is 4.11. The highest BCUT2D eigenvalue weighted by Gasteiger charge is 2.13. The van der Waals surface area contributed by atoms with Gasteiger partial charge >= 0.3 is 6.61 Å². The molecule has 31 heavy (non-hydrogen) atoms. The lowest BCUT2D eigenvalue weighted by Crippen LogP contribution is -2.21. The molecular formula is C22H18ClF3N2O3. The molecule has 3 aromatic carbocycles. The van der Waals surface area contributed by atoms with Crippen LogP contribution < -0.4 is 20.1 Å². The zero-order chi connectivity index (χ0) is 22.2. The van der Waals surface area contributed by atoms with Gasteiger partial charge in [-0.15, -0.1) is 0 Å². The van der Waals surface area contributed by atoms with Gasteiger partial charge in [-0.25, -0.2) is 4.39 Å². The first-order valence-corrected chi connectivity index (χ1v) is 9.53. The zero-order valence-corrected chi connectivity index (χ0v) is 16.8. The number of benzene rings is 3. The van der Waals surface area contributed by atoms with Crippen LogP contribution in [0.15, 0.2) is 66.7 Å².